The predicted octanol–water partition coefficient (Wildman–Crippen LogP) is 4.21. The maximum Gasteiger partial charge on any atom is 0.0721 e. The van der Waals surface area contributed by atoms with Crippen molar-refractivity contribution in [1.29, 1.82) is 0 Å². The van der Waals surface area contributed by atoms with E-state index in [2.05, 4.69) is 47.8 Å². The molecule has 2 nitrogen and oxygen atoms in total. The van der Waals surface area contributed by atoms with Gasteiger partial charge in [-0.05, 0) is 58.2 Å². The Morgan fingerprint density at radius 1 is 1.42 bits per heavy atom. The minimum Gasteiger partial charge on any atom is -0.389 e. The largest absolute Gasteiger partial charge is 0.389 e. The Kier molecular flexibility index (Phi) is 4.67. The molecule has 2 rings (SSSR count). The average Bonchev–Trinajstić information content (AvgIpc) is 2.27. The summed E-state index contributed by atoms with van der Waals surface area (Å²) in [5.74, 6) is 1.53. The molecule has 1 aromatic heterocycles. The fraction of sp³-hybridized carbons (Fsp3) is 0.688. The van der Waals surface area contributed by atoms with E-state index in [9.17, 15) is 5.11 Å². The van der Waals surface area contributed by atoms with E-state index in [0.29, 0.717) is 24.2 Å². The first-order valence-electron chi connectivity index (χ1n) is 7.22. The monoisotopic (exact) mass is 325 g/mol. The molecule has 0 aliphatic heterocycles. The molecule has 3 heteroatoms. The number of rotatable bonds is 3. The molecule has 1 aliphatic rings. The summed E-state index contributed by atoms with van der Waals surface area (Å²) >= 11 is 3.46. The third-order valence-electron chi connectivity index (χ3n) is 4.44. The van der Waals surface area contributed by atoms with Gasteiger partial charge in [-0.15, -0.1) is 0 Å². The Balaban J connectivity index is 2.21. The van der Waals surface area contributed by atoms with Crippen LogP contribution in [0.3, 0.4) is 0 Å². The van der Waals surface area contributed by atoms with Gasteiger partial charge in [-0.25, -0.2) is 0 Å². The van der Waals surface area contributed by atoms with E-state index in [1.165, 1.54) is 6.42 Å². The van der Waals surface area contributed by atoms with Crippen molar-refractivity contribution in [3.63, 3.8) is 0 Å². The molecule has 106 valence electrons. The van der Waals surface area contributed by atoms with Crippen molar-refractivity contribution in [3.8, 4) is 0 Å². The number of halogens is 1. The fourth-order valence-electron chi connectivity index (χ4n) is 3.65. The van der Waals surface area contributed by atoms with Gasteiger partial charge in [-0.2, -0.15) is 0 Å². The Hall–Kier alpha value is -0.410. The summed E-state index contributed by atoms with van der Waals surface area (Å²) in [5.41, 5.74) is 0.547. The first kappa shape index (κ1) is 15.0. The topological polar surface area (TPSA) is 33.1 Å². The van der Waals surface area contributed by atoms with Gasteiger partial charge in [0.05, 0.1) is 5.60 Å². The molecule has 1 N–H and O–H groups in total. The van der Waals surface area contributed by atoms with Crippen LogP contribution < -0.4 is 0 Å². The van der Waals surface area contributed by atoms with Gasteiger partial charge in [0, 0.05) is 23.3 Å². The van der Waals surface area contributed by atoms with Crippen LogP contribution in [0.15, 0.2) is 22.9 Å². The van der Waals surface area contributed by atoms with Gasteiger partial charge in [0.25, 0.3) is 0 Å². The molecule has 0 amide bonds. The zero-order valence-corrected chi connectivity index (χ0v) is 13.7. The molecule has 1 saturated carbocycles. The Morgan fingerprint density at radius 3 is 2.79 bits per heavy atom. The number of pyridine rings is 1. The van der Waals surface area contributed by atoms with Crippen LogP contribution in [0.1, 0.15) is 45.6 Å². The van der Waals surface area contributed by atoms with Gasteiger partial charge in [-0.3, -0.25) is 4.98 Å². The Bertz CT molecular complexity index is 435. The fourth-order valence-corrected chi connectivity index (χ4v) is 4.06. The molecule has 1 aliphatic carbocycles. The SMILES string of the molecule is CC1CCC(C(C)C)C(O)(Cc2cncc(Br)c2)C1. The molecule has 3 atom stereocenters. The number of nitrogens with zero attached hydrogens (tertiary/aromatic N) is 1. The quantitative estimate of drug-likeness (QED) is 0.902. The van der Waals surface area contributed by atoms with Crippen molar-refractivity contribution < 1.29 is 5.11 Å². The first-order chi connectivity index (χ1) is 8.90. The van der Waals surface area contributed by atoms with Gasteiger partial charge >= 0.3 is 0 Å². The molecule has 0 aromatic carbocycles. The highest BCUT2D eigenvalue weighted by atomic mass is 79.9. The first-order valence-corrected chi connectivity index (χ1v) is 8.02. The highest BCUT2D eigenvalue weighted by Gasteiger charge is 2.42. The lowest BCUT2D eigenvalue weighted by Crippen LogP contribution is -2.47. The zero-order chi connectivity index (χ0) is 14.0. The molecule has 1 heterocycles. The van der Waals surface area contributed by atoms with Crippen LogP contribution >= 0.6 is 15.9 Å². The molecule has 0 bridgehead atoms. The average molecular weight is 326 g/mol. The molecule has 19 heavy (non-hydrogen) atoms. The summed E-state index contributed by atoms with van der Waals surface area (Å²) in [6, 6.07) is 2.07. The smallest absolute Gasteiger partial charge is 0.0721 e. The van der Waals surface area contributed by atoms with Crippen molar-refractivity contribution in [2.45, 2.75) is 52.1 Å². The second-order valence-corrected chi connectivity index (χ2v) is 7.44. The highest BCUT2D eigenvalue weighted by molar-refractivity contribution is 9.10. The predicted molar refractivity (Wildman–Crippen MR) is 81.9 cm³/mol. The number of aromatic nitrogens is 1. The summed E-state index contributed by atoms with van der Waals surface area (Å²) in [5, 5.41) is 11.2. The molecule has 1 fully saturated rings. The lowest BCUT2D eigenvalue weighted by molar-refractivity contribution is -0.0795. The summed E-state index contributed by atoms with van der Waals surface area (Å²) < 4.78 is 0.985. The second kappa shape index (κ2) is 5.92. The van der Waals surface area contributed by atoms with Crippen molar-refractivity contribution in [1.82, 2.24) is 4.98 Å². The number of hydrogen-bond donors (Lipinski definition) is 1. The van der Waals surface area contributed by atoms with Crippen LogP contribution in [-0.2, 0) is 6.42 Å². The molecular formula is C16H24BrNO. The van der Waals surface area contributed by atoms with Gasteiger partial charge in [0.2, 0.25) is 0 Å². The molecule has 3 unspecified atom stereocenters. The molecule has 0 saturated heterocycles. The minimum atomic E-state index is -0.575. The maximum absolute atomic E-state index is 11.2. The van der Waals surface area contributed by atoms with Crippen LogP contribution in [0.2, 0.25) is 0 Å². The van der Waals surface area contributed by atoms with E-state index in [4.69, 9.17) is 0 Å². The van der Waals surface area contributed by atoms with Crippen molar-refractivity contribution in [2.24, 2.45) is 17.8 Å². The lowest BCUT2D eigenvalue weighted by Gasteiger charge is -2.45. The summed E-state index contributed by atoms with van der Waals surface area (Å²) in [4.78, 5) is 4.21. The highest BCUT2D eigenvalue weighted by Crippen LogP contribution is 2.42. The van der Waals surface area contributed by atoms with Gasteiger partial charge < -0.3 is 5.11 Å². The van der Waals surface area contributed by atoms with E-state index < -0.39 is 5.60 Å². The van der Waals surface area contributed by atoms with E-state index in [1.807, 2.05) is 6.20 Å². The maximum atomic E-state index is 11.2. The van der Waals surface area contributed by atoms with Crippen molar-refractivity contribution >= 4 is 15.9 Å². The van der Waals surface area contributed by atoms with Gasteiger partial charge in [-0.1, -0.05) is 27.2 Å². The Morgan fingerprint density at radius 2 is 2.16 bits per heavy atom. The summed E-state index contributed by atoms with van der Waals surface area (Å²) in [6.45, 7) is 6.70. The summed E-state index contributed by atoms with van der Waals surface area (Å²) in [7, 11) is 0. The molecular weight excluding hydrogens is 302 g/mol. The van der Waals surface area contributed by atoms with E-state index >= 15 is 0 Å². The molecule has 0 spiro atoms. The van der Waals surface area contributed by atoms with Crippen LogP contribution in [0.4, 0.5) is 0 Å². The van der Waals surface area contributed by atoms with Crippen LogP contribution in [-0.4, -0.2) is 15.7 Å². The number of hydrogen-bond acceptors (Lipinski definition) is 2. The normalized spacial score (nSPS) is 31.7. The zero-order valence-electron chi connectivity index (χ0n) is 12.1. The van der Waals surface area contributed by atoms with E-state index in [-0.39, 0.29) is 0 Å². The standard InChI is InChI=1S/C16H24BrNO/c1-11(2)15-5-4-12(3)7-16(15,19)8-13-6-14(17)10-18-9-13/h6,9-12,15,19H,4-5,7-8H2,1-3H3. The Labute approximate surface area is 124 Å². The molecule has 0 radical (unpaired) electrons. The van der Waals surface area contributed by atoms with E-state index in [0.717, 1.165) is 22.9 Å². The van der Waals surface area contributed by atoms with Crippen LogP contribution in [0.5, 0.6) is 0 Å². The lowest BCUT2D eigenvalue weighted by atomic mass is 9.65. The van der Waals surface area contributed by atoms with Gasteiger partial charge in [0.1, 0.15) is 0 Å². The van der Waals surface area contributed by atoms with Gasteiger partial charge in [0.15, 0.2) is 0 Å². The van der Waals surface area contributed by atoms with Crippen molar-refractivity contribution in [3.05, 3.63) is 28.5 Å². The molecule has 1 aromatic rings. The van der Waals surface area contributed by atoms with E-state index in [1.54, 1.807) is 6.20 Å². The number of aliphatic hydroxyl groups is 1. The second-order valence-electron chi connectivity index (χ2n) is 6.53. The third-order valence-corrected chi connectivity index (χ3v) is 4.87. The van der Waals surface area contributed by atoms with Crippen LogP contribution in [0, 0.1) is 17.8 Å². The third kappa shape index (κ3) is 3.57. The summed E-state index contributed by atoms with van der Waals surface area (Å²) in [6.07, 6.45) is 7.66. The minimum absolute atomic E-state index is 0.391. The van der Waals surface area contributed by atoms with Crippen LogP contribution in [0.25, 0.3) is 0 Å². The van der Waals surface area contributed by atoms with Crippen molar-refractivity contribution in [2.75, 3.05) is 0 Å².